The summed E-state index contributed by atoms with van der Waals surface area (Å²) >= 11 is 0. The lowest BCUT2D eigenvalue weighted by Gasteiger charge is -2.04. The van der Waals surface area contributed by atoms with Crippen LogP contribution in [0.15, 0.2) is 63.8 Å². The van der Waals surface area contributed by atoms with E-state index < -0.39 is 5.97 Å². The first-order valence-corrected chi connectivity index (χ1v) is 7.79. The predicted octanol–water partition coefficient (Wildman–Crippen LogP) is 3.74. The highest BCUT2D eigenvalue weighted by atomic mass is 16.5. The smallest absolute Gasteiger partial charge is 0.330 e. The van der Waals surface area contributed by atoms with E-state index in [1.807, 2.05) is 0 Å². The van der Waals surface area contributed by atoms with Gasteiger partial charge in [-0.05, 0) is 30.7 Å². The molecule has 0 bridgehead atoms. The van der Waals surface area contributed by atoms with Crippen molar-refractivity contribution in [2.24, 2.45) is 0 Å². The van der Waals surface area contributed by atoms with Crippen molar-refractivity contribution in [3.8, 4) is 17.1 Å². The quantitative estimate of drug-likeness (QED) is 0.580. The summed E-state index contributed by atoms with van der Waals surface area (Å²) in [7, 11) is 0. The van der Waals surface area contributed by atoms with Crippen molar-refractivity contribution in [2.75, 3.05) is 6.61 Å². The lowest BCUT2D eigenvalue weighted by atomic mass is 10.1. The van der Waals surface area contributed by atoms with Gasteiger partial charge in [0.2, 0.25) is 0 Å². The number of fused-ring (bicyclic) bond motifs is 1. The van der Waals surface area contributed by atoms with Crippen molar-refractivity contribution in [1.82, 2.24) is 0 Å². The van der Waals surface area contributed by atoms with Crippen molar-refractivity contribution in [3.63, 3.8) is 0 Å². The van der Waals surface area contributed by atoms with E-state index in [-0.39, 0.29) is 11.2 Å². The highest BCUT2D eigenvalue weighted by molar-refractivity contribution is 5.87. The highest BCUT2D eigenvalue weighted by Gasteiger charge is 2.07. The molecule has 0 fully saturated rings. The van der Waals surface area contributed by atoms with Crippen molar-refractivity contribution >= 4 is 23.0 Å². The molecule has 0 amide bonds. The Balaban J connectivity index is 1.91. The monoisotopic (exact) mass is 336 g/mol. The fraction of sp³-hybridized carbons (Fsp3) is 0.100. The maximum atomic E-state index is 12.2. The van der Waals surface area contributed by atoms with Gasteiger partial charge in [0.1, 0.15) is 17.1 Å². The molecule has 126 valence electrons. The number of hydrogen-bond acceptors (Lipinski definition) is 5. The molecule has 1 aromatic heterocycles. The molecule has 3 rings (SSSR count). The van der Waals surface area contributed by atoms with Crippen molar-refractivity contribution in [3.05, 3.63) is 70.4 Å². The van der Waals surface area contributed by atoms with Crippen LogP contribution in [0.2, 0.25) is 0 Å². The molecule has 1 heterocycles. The number of phenolic OH excluding ortho intramolecular Hbond substituents is 1. The Hall–Kier alpha value is -3.34. The van der Waals surface area contributed by atoms with E-state index in [2.05, 4.69) is 0 Å². The number of hydrogen-bond donors (Lipinski definition) is 1. The molecule has 5 nitrogen and oxygen atoms in total. The summed E-state index contributed by atoms with van der Waals surface area (Å²) in [6.45, 7) is 2.08. The van der Waals surface area contributed by atoms with E-state index in [4.69, 9.17) is 9.15 Å². The summed E-state index contributed by atoms with van der Waals surface area (Å²) in [6.07, 6.45) is 3.01. The SMILES string of the molecule is CCOC(=O)/C=C/c1ccc(-c2cc(=O)c3ccc(O)cc3o2)cc1. The summed E-state index contributed by atoms with van der Waals surface area (Å²) in [4.78, 5) is 23.5. The van der Waals surface area contributed by atoms with Crippen LogP contribution in [0.3, 0.4) is 0 Å². The summed E-state index contributed by atoms with van der Waals surface area (Å²) in [5, 5.41) is 9.97. The van der Waals surface area contributed by atoms with Crippen molar-refractivity contribution in [2.45, 2.75) is 6.92 Å². The van der Waals surface area contributed by atoms with Gasteiger partial charge in [-0.3, -0.25) is 4.79 Å². The molecule has 25 heavy (non-hydrogen) atoms. The van der Waals surface area contributed by atoms with E-state index in [0.29, 0.717) is 23.3 Å². The van der Waals surface area contributed by atoms with Gasteiger partial charge in [0, 0.05) is 23.8 Å². The van der Waals surface area contributed by atoms with E-state index in [1.54, 1.807) is 37.3 Å². The predicted molar refractivity (Wildman–Crippen MR) is 95.3 cm³/mol. The number of carbonyl (C=O) groups excluding carboxylic acids is 1. The maximum absolute atomic E-state index is 12.2. The Morgan fingerprint density at radius 2 is 1.92 bits per heavy atom. The summed E-state index contributed by atoms with van der Waals surface area (Å²) in [5.74, 6) is 0.0446. The number of esters is 1. The van der Waals surface area contributed by atoms with Gasteiger partial charge in [0.15, 0.2) is 5.43 Å². The third-order valence-corrected chi connectivity index (χ3v) is 3.61. The molecule has 3 aromatic rings. The standard InChI is InChI=1S/C20H16O5/c1-2-24-20(23)10-5-13-3-6-14(7-4-13)18-12-17(22)16-9-8-15(21)11-19(16)25-18/h3-12,21H,2H2,1H3/b10-5+. The van der Waals surface area contributed by atoms with Gasteiger partial charge >= 0.3 is 5.97 Å². The molecule has 0 saturated heterocycles. The van der Waals surface area contributed by atoms with Crippen LogP contribution in [-0.2, 0) is 9.53 Å². The van der Waals surface area contributed by atoms with Gasteiger partial charge in [-0.1, -0.05) is 24.3 Å². The molecule has 5 heteroatoms. The molecule has 0 aliphatic rings. The third-order valence-electron chi connectivity index (χ3n) is 3.61. The first-order chi connectivity index (χ1) is 12.1. The van der Waals surface area contributed by atoms with Crippen LogP contribution in [0.1, 0.15) is 12.5 Å². The molecule has 0 spiro atoms. The minimum atomic E-state index is -0.396. The summed E-state index contributed by atoms with van der Waals surface area (Å²) in [5.41, 5.74) is 1.68. The maximum Gasteiger partial charge on any atom is 0.330 e. The Morgan fingerprint density at radius 3 is 2.64 bits per heavy atom. The van der Waals surface area contributed by atoms with Gasteiger partial charge in [-0.2, -0.15) is 0 Å². The molecule has 0 aliphatic carbocycles. The minimum Gasteiger partial charge on any atom is -0.508 e. The highest BCUT2D eigenvalue weighted by Crippen LogP contribution is 2.24. The topological polar surface area (TPSA) is 76.7 Å². The number of rotatable bonds is 4. The minimum absolute atomic E-state index is 0.0345. The number of ether oxygens (including phenoxy) is 1. The van der Waals surface area contributed by atoms with Crippen LogP contribution in [-0.4, -0.2) is 17.7 Å². The van der Waals surface area contributed by atoms with Crippen LogP contribution in [0, 0.1) is 0 Å². The Bertz CT molecular complexity index is 997. The van der Waals surface area contributed by atoms with E-state index in [9.17, 15) is 14.7 Å². The second-order valence-corrected chi connectivity index (χ2v) is 5.36. The van der Waals surface area contributed by atoms with Gasteiger partial charge in [0.05, 0.1) is 12.0 Å². The average Bonchev–Trinajstić information content (AvgIpc) is 2.60. The first kappa shape index (κ1) is 16.5. The molecule has 0 radical (unpaired) electrons. The molecular formula is C20H16O5. The normalized spacial score (nSPS) is 11.1. The van der Waals surface area contributed by atoms with Crippen LogP contribution < -0.4 is 5.43 Å². The molecule has 0 unspecified atom stereocenters. The van der Waals surface area contributed by atoms with Crippen molar-refractivity contribution < 1.29 is 19.1 Å². The third kappa shape index (κ3) is 3.77. The van der Waals surface area contributed by atoms with Gasteiger partial charge in [0.25, 0.3) is 0 Å². The molecule has 0 saturated carbocycles. The van der Waals surface area contributed by atoms with Gasteiger partial charge in [-0.15, -0.1) is 0 Å². The van der Waals surface area contributed by atoms with E-state index in [1.165, 1.54) is 30.3 Å². The fourth-order valence-corrected chi connectivity index (χ4v) is 2.40. The van der Waals surface area contributed by atoms with Crippen LogP contribution in [0.4, 0.5) is 0 Å². The molecule has 0 atom stereocenters. The number of benzene rings is 2. The largest absolute Gasteiger partial charge is 0.508 e. The zero-order valence-corrected chi connectivity index (χ0v) is 13.6. The molecular weight excluding hydrogens is 320 g/mol. The summed E-state index contributed by atoms with van der Waals surface area (Å²) < 4.78 is 10.6. The van der Waals surface area contributed by atoms with Crippen molar-refractivity contribution in [1.29, 1.82) is 0 Å². The Morgan fingerprint density at radius 1 is 1.16 bits per heavy atom. The van der Waals surface area contributed by atoms with Gasteiger partial charge < -0.3 is 14.3 Å². The van der Waals surface area contributed by atoms with E-state index in [0.717, 1.165) is 11.1 Å². The number of aromatic hydroxyl groups is 1. The Kier molecular flexibility index (Phi) is 4.66. The first-order valence-electron chi connectivity index (χ1n) is 7.79. The lowest BCUT2D eigenvalue weighted by molar-refractivity contribution is -0.137. The van der Waals surface area contributed by atoms with Crippen LogP contribution >= 0.6 is 0 Å². The molecule has 1 N–H and O–H groups in total. The second kappa shape index (κ2) is 7.05. The van der Waals surface area contributed by atoms with Crippen LogP contribution in [0.5, 0.6) is 5.75 Å². The zero-order valence-electron chi connectivity index (χ0n) is 13.6. The second-order valence-electron chi connectivity index (χ2n) is 5.36. The average molecular weight is 336 g/mol. The zero-order chi connectivity index (χ0) is 17.8. The van der Waals surface area contributed by atoms with Gasteiger partial charge in [-0.25, -0.2) is 4.79 Å². The summed E-state index contributed by atoms with van der Waals surface area (Å²) in [6, 6.07) is 13.0. The fourth-order valence-electron chi connectivity index (χ4n) is 2.40. The lowest BCUT2D eigenvalue weighted by Crippen LogP contribution is -2.00. The number of carbonyl (C=O) groups is 1. The molecule has 2 aromatic carbocycles. The van der Waals surface area contributed by atoms with E-state index >= 15 is 0 Å². The Labute approximate surface area is 143 Å². The van der Waals surface area contributed by atoms with Crippen LogP contribution in [0.25, 0.3) is 28.4 Å². The molecule has 0 aliphatic heterocycles. The number of phenols is 1.